The number of hydrogen-bond acceptors (Lipinski definition) is 8. The normalized spacial score (nSPS) is 17.9. The van der Waals surface area contributed by atoms with E-state index in [0.29, 0.717) is 32.5 Å². The molecule has 1 aromatic carbocycles. The fraction of sp³-hybridized carbons (Fsp3) is 0.412. The van der Waals surface area contributed by atoms with Crippen LogP contribution in [0.25, 0.3) is 0 Å². The quantitative estimate of drug-likeness (QED) is 0.165. The van der Waals surface area contributed by atoms with Gasteiger partial charge in [0.2, 0.25) is 6.41 Å². The van der Waals surface area contributed by atoms with Crippen LogP contribution in [0.5, 0.6) is 0 Å². The molecule has 2 bridgehead atoms. The van der Waals surface area contributed by atoms with Crippen LogP contribution >= 0.6 is 0 Å². The van der Waals surface area contributed by atoms with Gasteiger partial charge in [-0.3, -0.25) is 14.1 Å². The summed E-state index contributed by atoms with van der Waals surface area (Å²) in [6.45, 7) is 1.48. The van der Waals surface area contributed by atoms with Crippen LogP contribution in [0, 0.1) is 0 Å². The topological polar surface area (TPSA) is 184 Å². The van der Waals surface area contributed by atoms with Crippen molar-refractivity contribution < 1.29 is 31.6 Å². The zero-order valence-corrected chi connectivity index (χ0v) is 17.3. The molecule has 5 N–H and O–H groups in total. The van der Waals surface area contributed by atoms with E-state index in [9.17, 15) is 22.8 Å². The minimum Gasteiger partial charge on any atom is -0.350 e. The van der Waals surface area contributed by atoms with Gasteiger partial charge < -0.3 is 16.0 Å². The van der Waals surface area contributed by atoms with Crippen LogP contribution < -0.4 is 16.5 Å². The minimum atomic E-state index is -4.60. The second kappa shape index (κ2) is 11.4. The van der Waals surface area contributed by atoms with Gasteiger partial charge in [0.05, 0.1) is 18.8 Å². The van der Waals surface area contributed by atoms with Crippen LogP contribution in [0.4, 0.5) is 4.79 Å². The molecule has 0 saturated carbocycles. The summed E-state index contributed by atoms with van der Waals surface area (Å²) in [6.07, 6.45) is 3.48. The highest BCUT2D eigenvalue weighted by molar-refractivity contribution is 7.80. The number of amides is 4. The molecule has 14 heteroatoms. The van der Waals surface area contributed by atoms with Crippen molar-refractivity contribution in [1.29, 1.82) is 0 Å². The number of hydroxylamine groups is 2. The second-order valence-electron chi connectivity index (χ2n) is 6.59. The molecule has 1 atom stereocenters. The average molecular weight is 456 g/mol. The van der Waals surface area contributed by atoms with Gasteiger partial charge in [-0.15, -0.1) is 4.28 Å². The Balaban J connectivity index is 0.000000224. The fourth-order valence-corrected chi connectivity index (χ4v) is 3.29. The number of hydrogen-bond donors (Lipinski definition) is 4. The highest BCUT2D eigenvalue weighted by atomic mass is 32.3. The predicted octanol–water partition coefficient (Wildman–Crippen LogP) is -1.04. The first-order chi connectivity index (χ1) is 14.7. The molecule has 2 aliphatic rings. The molecule has 1 unspecified atom stereocenters. The first kappa shape index (κ1) is 24.2. The summed E-state index contributed by atoms with van der Waals surface area (Å²) < 4.78 is 33.5. The van der Waals surface area contributed by atoms with Gasteiger partial charge in [0, 0.05) is 19.6 Å². The van der Waals surface area contributed by atoms with E-state index in [0.717, 1.165) is 22.6 Å². The molecule has 2 fully saturated rings. The standard InChI is InChI=1S/C11H14N4O2.C6H10N2O5S/c12-5-9-1-3-10(4-2-9)6-14-15-11(17)7-13-8-16;9-6-7-3-1-2-5(4-7)8(6)13-14(10,11)12/h1-4,6,8H,5,7,12H2,(H,13,16)(H,15,17);5H,1-4H2,(H,10,11,12)/b14-6+;. The molecule has 2 heterocycles. The van der Waals surface area contributed by atoms with E-state index >= 15 is 0 Å². The van der Waals surface area contributed by atoms with Crippen molar-refractivity contribution in [2.75, 3.05) is 19.6 Å². The summed E-state index contributed by atoms with van der Waals surface area (Å²) in [4.78, 5) is 33.9. The third-order valence-corrected chi connectivity index (χ3v) is 4.67. The first-order valence-corrected chi connectivity index (χ1v) is 10.6. The molecule has 2 aliphatic heterocycles. The van der Waals surface area contributed by atoms with Gasteiger partial charge in [-0.25, -0.2) is 10.2 Å². The Morgan fingerprint density at radius 2 is 2.06 bits per heavy atom. The lowest BCUT2D eigenvalue weighted by atomic mass is 10.1. The molecule has 1 aromatic rings. The highest BCUT2D eigenvalue weighted by Gasteiger charge is 2.42. The Kier molecular flexibility index (Phi) is 8.87. The van der Waals surface area contributed by atoms with Crippen LogP contribution in [0.15, 0.2) is 29.4 Å². The third-order valence-electron chi connectivity index (χ3n) is 4.33. The summed E-state index contributed by atoms with van der Waals surface area (Å²) in [7, 11) is -4.60. The van der Waals surface area contributed by atoms with Gasteiger partial charge in [0.15, 0.2) is 0 Å². The molecule has 0 spiro atoms. The van der Waals surface area contributed by atoms with Crippen molar-refractivity contribution in [3.8, 4) is 0 Å². The number of nitrogens with two attached hydrogens (primary N) is 1. The molecule has 0 aromatic heterocycles. The van der Waals surface area contributed by atoms with Crippen molar-refractivity contribution in [1.82, 2.24) is 20.7 Å². The molecule has 13 nitrogen and oxygen atoms in total. The maximum absolute atomic E-state index is 11.4. The zero-order chi connectivity index (χ0) is 22.9. The number of nitrogens with one attached hydrogen (secondary N) is 2. The summed E-state index contributed by atoms with van der Waals surface area (Å²) in [5.41, 5.74) is 9.62. The van der Waals surface area contributed by atoms with Crippen LogP contribution in [-0.2, 0) is 30.8 Å². The average Bonchev–Trinajstić information content (AvgIpc) is 2.94. The predicted molar refractivity (Wildman–Crippen MR) is 109 cm³/mol. The van der Waals surface area contributed by atoms with Gasteiger partial charge in [0.1, 0.15) is 0 Å². The zero-order valence-electron chi connectivity index (χ0n) is 16.5. The monoisotopic (exact) mass is 456 g/mol. The van der Waals surface area contributed by atoms with Crippen LogP contribution in [0.1, 0.15) is 24.0 Å². The summed E-state index contributed by atoms with van der Waals surface area (Å²) in [5.74, 6) is -0.382. The van der Waals surface area contributed by atoms with Crippen LogP contribution in [-0.4, -0.2) is 73.2 Å². The number of rotatable bonds is 8. The van der Waals surface area contributed by atoms with E-state index in [2.05, 4.69) is 20.1 Å². The Hall–Kier alpha value is -3.07. The van der Waals surface area contributed by atoms with E-state index in [-0.39, 0.29) is 18.5 Å². The summed E-state index contributed by atoms with van der Waals surface area (Å²) in [6, 6.07) is 6.71. The number of carbonyl (C=O) groups excluding carboxylic acids is 3. The lowest BCUT2D eigenvalue weighted by Crippen LogP contribution is -2.35. The van der Waals surface area contributed by atoms with E-state index in [1.165, 1.54) is 11.1 Å². The molecule has 170 valence electrons. The summed E-state index contributed by atoms with van der Waals surface area (Å²) >= 11 is 0. The van der Waals surface area contributed by atoms with Crippen molar-refractivity contribution in [3.63, 3.8) is 0 Å². The van der Waals surface area contributed by atoms with E-state index in [1.54, 1.807) is 0 Å². The number of nitrogens with zero attached hydrogens (tertiary/aromatic N) is 3. The molecule has 0 aliphatic carbocycles. The number of benzene rings is 1. The van der Waals surface area contributed by atoms with Crippen molar-refractivity contribution in [3.05, 3.63) is 35.4 Å². The molecule has 2 saturated heterocycles. The molecular formula is C17H24N6O7S. The van der Waals surface area contributed by atoms with Crippen molar-refractivity contribution in [2.24, 2.45) is 10.8 Å². The number of carbonyl (C=O) groups is 3. The van der Waals surface area contributed by atoms with Crippen LogP contribution in [0.3, 0.4) is 0 Å². The second-order valence-corrected chi connectivity index (χ2v) is 7.59. The van der Waals surface area contributed by atoms with Gasteiger partial charge in [0.25, 0.3) is 5.91 Å². The molecule has 31 heavy (non-hydrogen) atoms. The smallest absolute Gasteiger partial charge is 0.350 e. The van der Waals surface area contributed by atoms with Crippen LogP contribution in [0.2, 0.25) is 0 Å². The Morgan fingerprint density at radius 3 is 2.65 bits per heavy atom. The molecule has 0 radical (unpaired) electrons. The lowest BCUT2D eigenvalue weighted by Gasteiger charge is -2.20. The van der Waals surface area contributed by atoms with Crippen molar-refractivity contribution in [2.45, 2.75) is 25.4 Å². The van der Waals surface area contributed by atoms with Gasteiger partial charge in [-0.05, 0) is 24.0 Å². The number of hydrazone groups is 1. The summed E-state index contributed by atoms with van der Waals surface area (Å²) in [5, 5.41) is 6.71. The lowest BCUT2D eigenvalue weighted by molar-refractivity contribution is -0.122. The van der Waals surface area contributed by atoms with Gasteiger partial charge in [-0.2, -0.15) is 18.6 Å². The molecule has 4 amide bonds. The maximum Gasteiger partial charge on any atom is 0.418 e. The van der Waals surface area contributed by atoms with E-state index in [4.69, 9.17) is 10.3 Å². The molecule has 3 rings (SSSR count). The van der Waals surface area contributed by atoms with Gasteiger partial charge >= 0.3 is 16.4 Å². The fourth-order valence-electron chi connectivity index (χ4n) is 2.90. The minimum absolute atomic E-state index is 0.0903. The Labute approximate surface area is 179 Å². The highest BCUT2D eigenvalue weighted by Crippen LogP contribution is 2.26. The SMILES string of the molecule is NCc1ccc(/C=N/NC(=O)CNC=O)cc1.O=C1N2CCCC(C2)N1OS(=O)(=O)O. The third kappa shape index (κ3) is 7.93. The number of urea groups is 1. The van der Waals surface area contributed by atoms with E-state index in [1.807, 2.05) is 24.3 Å². The largest absolute Gasteiger partial charge is 0.418 e. The first-order valence-electron chi connectivity index (χ1n) is 9.26. The maximum atomic E-state index is 11.4. The van der Waals surface area contributed by atoms with Gasteiger partial charge in [-0.1, -0.05) is 24.3 Å². The number of fused-ring (bicyclic) bond motifs is 2. The Morgan fingerprint density at radius 1 is 1.35 bits per heavy atom. The van der Waals surface area contributed by atoms with E-state index < -0.39 is 16.4 Å². The molecular weight excluding hydrogens is 432 g/mol. The number of piperidine rings is 1. The Bertz CT molecular complexity index is 906. The van der Waals surface area contributed by atoms with Crippen molar-refractivity contribution >= 4 is 35.0 Å².